The fourth-order valence-electron chi connectivity index (χ4n) is 4.12. The molecule has 4 rings (SSSR count). The molecule has 0 aromatic heterocycles. The van der Waals surface area contributed by atoms with E-state index >= 15 is 0 Å². The molecule has 1 fully saturated rings. The zero-order chi connectivity index (χ0) is 21.4. The maximum absolute atomic E-state index is 14.1. The fourth-order valence-corrected chi connectivity index (χ4v) is 4.12. The molecule has 1 amide bonds. The van der Waals surface area contributed by atoms with Crippen LogP contribution < -0.4 is 10.1 Å². The van der Waals surface area contributed by atoms with Gasteiger partial charge >= 0.3 is 12.0 Å². The van der Waals surface area contributed by atoms with Gasteiger partial charge in [-0.3, -0.25) is 4.79 Å². The monoisotopic (exact) mass is 417 g/mol. The summed E-state index contributed by atoms with van der Waals surface area (Å²) in [6, 6.07) is 14.6. The number of nitrogens with one attached hydrogen (secondary N) is 1. The van der Waals surface area contributed by atoms with Gasteiger partial charge < -0.3 is 15.2 Å². The van der Waals surface area contributed by atoms with Crippen molar-refractivity contribution in [2.75, 3.05) is 0 Å². The van der Waals surface area contributed by atoms with Gasteiger partial charge in [0, 0.05) is 17.1 Å². The van der Waals surface area contributed by atoms with Crippen LogP contribution in [0.3, 0.4) is 0 Å². The lowest BCUT2D eigenvalue weighted by Crippen LogP contribution is -2.58. The third-order valence-corrected chi connectivity index (χ3v) is 5.67. The van der Waals surface area contributed by atoms with Crippen LogP contribution in [0.4, 0.5) is 13.2 Å². The van der Waals surface area contributed by atoms with E-state index in [1.54, 1.807) is 42.5 Å². The highest BCUT2D eigenvalue weighted by Crippen LogP contribution is 2.48. The van der Waals surface area contributed by atoms with Gasteiger partial charge in [0.2, 0.25) is 5.91 Å². The quantitative estimate of drug-likeness (QED) is 0.755. The summed E-state index contributed by atoms with van der Waals surface area (Å²) >= 11 is 0. The van der Waals surface area contributed by atoms with E-state index in [9.17, 15) is 23.1 Å². The van der Waals surface area contributed by atoms with Gasteiger partial charge in [0.05, 0.1) is 0 Å². The number of hydrogen-bond acceptors (Lipinski definition) is 3. The summed E-state index contributed by atoms with van der Waals surface area (Å²) in [5.41, 5.74) is 0.225. The van der Waals surface area contributed by atoms with Crippen LogP contribution in [-0.2, 0) is 4.79 Å². The van der Waals surface area contributed by atoms with Crippen molar-refractivity contribution in [2.24, 2.45) is 5.92 Å². The van der Waals surface area contributed by atoms with Crippen molar-refractivity contribution in [1.82, 2.24) is 5.32 Å². The summed E-state index contributed by atoms with van der Waals surface area (Å²) in [6.07, 6.45) is -1.24. The number of benzene rings is 2. The van der Waals surface area contributed by atoms with E-state index < -0.39 is 29.5 Å². The lowest BCUT2D eigenvalue weighted by Gasteiger charge is -2.39. The van der Waals surface area contributed by atoms with Gasteiger partial charge in [-0.05, 0) is 24.5 Å². The van der Waals surface area contributed by atoms with Gasteiger partial charge in [-0.15, -0.1) is 0 Å². The van der Waals surface area contributed by atoms with Gasteiger partial charge in [0.1, 0.15) is 11.4 Å². The van der Waals surface area contributed by atoms with Crippen LogP contribution in [0.5, 0.6) is 5.75 Å². The number of carbonyl (C=O) groups is 1. The van der Waals surface area contributed by atoms with Crippen molar-refractivity contribution in [1.29, 1.82) is 0 Å². The summed E-state index contributed by atoms with van der Waals surface area (Å²) < 4.78 is 47.4. The number of aliphatic hydroxyl groups is 1. The smallest absolute Gasteiger partial charge is 0.448 e. The van der Waals surface area contributed by atoms with Gasteiger partial charge in [-0.25, -0.2) is 0 Å². The molecule has 4 nitrogen and oxygen atoms in total. The molecule has 0 spiro atoms. The van der Waals surface area contributed by atoms with Gasteiger partial charge in [-0.1, -0.05) is 67.8 Å². The Hall–Kier alpha value is -2.80. The highest BCUT2D eigenvalue weighted by atomic mass is 19.4. The Morgan fingerprint density at radius 1 is 1.00 bits per heavy atom. The average Bonchev–Trinajstić information content (AvgIpc) is 2.74. The number of ether oxygens (including phenoxy) is 1. The molecule has 1 aliphatic carbocycles. The molecule has 158 valence electrons. The van der Waals surface area contributed by atoms with Gasteiger partial charge in [0.15, 0.2) is 0 Å². The molecule has 1 atom stereocenters. The second-order valence-electron chi connectivity index (χ2n) is 7.68. The Kier molecular flexibility index (Phi) is 5.32. The molecule has 0 bridgehead atoms. The number of fused-ring (bicyclic) bond motifs is 1. The Morgan fingerprint density at radius 2 is 1.63 bits per heavy atom. The second kappa shape index (κ2) is 7.80. The van der Waals surface area contributed by atoms with Crippen LogP contribution in [0.25, 0.3) is 5.57 Å². The van der Waals surface area contributed by atoms with Crippen molar-refractivity contribution in [3.8, 4) is 5.75 Å². The number of halogens is 3. The van der Waals surface area contributed by atoms with Crippen molar-refractivity contribution in [3.63, 3.8) is 0 Å². The average molecular weight is 417 g/mol. The highest BCUT2D eigenvalue weighted by molar-refractivity contribution is 5.91. The van der Waals surface area contributed by atoms with Crippen molar-refractivity contribution in [2.45, 2.75) is 44.1 Å². The molecule has 2 N–H and O–H groups in total. The molecule has 2 aromatic rings. The summed E-state index contributed by atoms with van der Waals surface area (Å²) in [4.78, 5) is 12.9. The fraction of sp³-hybridized carbons (Fsp3) is 0.348. The maximum Gasteiger partial charge on any atom is 0.462 e. The molecular weight excluding hydrogens is 395 g/mol. The molecule has 30 heavy (non-hydrogen) atoms. The minimum atomic E-state index is -5.17. The Bertz CT molecular complexity index is 965. The molecule has 0 saturated heterocycles. The molecule has 7 heteroatoms. The van der Waals surface area contributed by atoms with E-state index in [0.29, 0.717) is 24.0 Å². The third-order valence-electron chi connectivity index (χ3n) is 5.67. The summed E-state index contributed by atoms with van der Waals surface area (Å²) in [7, 11) is 0. The van der Waals surface area contributed by atoms with Gasteiger partial charge in [-0.2, -0.15) is 13.2 Å². The highest BCUT2D eigenvalue weighted by Gasteiger charge is 2.63. The normalized spacial score (nSPS) is 22.3. The van der Waals surface area contributed by atoms with E-state index in [2.05, 4.69) is 5.32 Å². The minimum Gasteiger partial charge on any atom is -0.448 e. The van der Waals surface area contributed by atoms with Crippen LogP contribution in [0, 0.1) is 5.92 Å². The lowest BCUT2D eigenvalue weighted by molar-refractivity contribution is -0.318. The van der Waals surface area contributed by atoms with E-state index in [0.717, 1.165) is 19.3 Å². The topological polar surface area (TPSA) is 58.6 Å². The molecule has 1 saturated carbocycles. The third kappa shape index (κ3) is 3.58. The first-order chi connectivity index (χ1) is 14.3. The Morgan fingerprint density at radius 3 is 2.30 bits per heavy atom. The van der Waals surface area contributed by atoms with Crippen LogP contribution in [0.1, 0.15) is 43.2 Å². The number of amides is 1. The molecule has 1 aliphatic heterocycles. The number of para-hydroxylation sites is 1. The lowest BCUT2D eigenvalue weighted by atomic mass is 9.87. The number of carbonyl (C=O) groups excluding carboxylic acids is 1. The largest absolute Gasteiger partial charge is 0.462 e. The molecule has 2 aliphatic rings. The van der Waals surface area contributed by atoms with Crippen LogP contribution in [-0.4, -0.2) is 23.0 Å². The summed E-state index contributed by atoms with van der Waals surface area (Å²) in [5.74, 6) is -4.69. The second-order valence-corrected chi connectivity index (χ2v) is 7.68. The minimum absolute atomic E-state index is 0.0986. The van der Waals surface area contributed by atoms with Crippen LogP contribution in [0.2, 0.25) is 0 Å². The van der Waals surface area contributed by atoms with E-state index in [1.165, 1.54) is 12.1 Å². The number of rotatable bonds is 3. The molecule has 2 aromatic carbocycles. The van der Waals surface area contributed by atoms with Crippen LogP contribution in [0.15, 0.2) is 60.3 Å². The van der Waals surface area contributed by atoms with E-state index in [-0.39, 0.29) is 11.3 Å². The van der Waals surface area contributed by atoms with E-state index in [4.69, 9.17) is 4.74 Å². The number of hydrogen-bond donors (Lipinski definition) is 2. The summed E-state index contributed by atoms with van der Waals surface area (Å²) in [6.45, 7) is 0. The molecule has 0 radical (unpaired) electrons. The first-order valence-corrected chi connectivity index (χ1v) is 10.00. The zero-order valence-corrected chi connectivity index (χ0v) is 16.2. The van der Waals surface area contributed by atoms with E-state index in [1.807, 2.05) is 0 Å². The van der Waals surface area contributed by atoms with Crippen molar-refractivity contribution < 1.29 is 27.8 Å². The molecule has 1 unspecified atom stereocenters. The first kappa shape index (κ1) is 20.5. The number of alkyl halides is 3. The standard InChI is InChI=1S/C23H22F3NO3/c24-23(25,26)22(29)20(27-21(28)16-11-5-2-6-12-16)19(15-9-3-1-4-10-15)17-13-7-8-14-18(17)30-22/h1,3-4,7-10,13-14,16,29H,2,5-6,11-12H2,(H,27,28). The van der Waals surface area contributed by atoms with Crippen molar-refractivity contribution in [3.05, 3.63) is 71.4 Å². The first-order valence-electron chi connectivity index (χ1n) is 10.00. The Labute approximate surface area is 172 Å². The summed E-state index contributed by atoms with van der Waals surface area (Å²) in [5, 5.41) is 13.2. The van der Waals surface area contributed by atoms with Crippen molar-refractivity contribution >= 4 is 11.5 Å². The van der Waals surface area contributed by atoms with Crippen LogP contribution >= 0.6 is 0 Å². The SMILES string of the molecule is O=C(NC1=C(c2ccccc2)c2ccccc2OC1(O)C(F)(F)F)C1CCCCC1. The molecule has 1 heterocycles. The van der Waals surface area contributed by atoms with Gasteiger partial charge in [0.25, 0.3) is 0 Å². The molecular formula is C23H22F3NO3. The predicted octanol–water partition coefficient (Wildman–Crippen LogP) is 4.79. The zero-order valence-electron chi connectivity index (χ0n) is 16.2. The maximum atomic E-state index is 14.1. The Balaban J connectivity index is 1.91. The predicted molar refractivity (Wildman–Crippen MR) is 105 cm³/mol.